The smallest absolute Gasteiger partial charge is 0.264 e. The van der Waals surface area contributed by atoms with Crippen molar-refractivity contribution in [3.63, 3.8) is 0 Å². The van der Waals surface area contributed by atoms with Gasteiger partial charge in [0.15, 0.2) is 0 Å². The van der Waals surface area contributed by atoms with E-state index in [2.05, 4.69) is 10.3 Å². The van der Waals surface area contributed by atoms with E-state index in [0.29, 0.717) is 35.8 Å². The first-order chi connectivity index (χ1) is 14.4. The second kappa shape index (κ2) is 8.49. The molecule has 0 atom stereocenters. The molecule has 3 aromatic rings. The van der Waals surface area contributed by atoms with Crippen molar-refractivity contribution in [2.45, 2.75) is 24.3 Å². The fourth-order valence-electron chi connectivity index (χ4n) is 3.48. The number of aryl methyl sites for hydroxylation is 1. The van der Waals surface area contributed by atoms with Gasteiger partial charge in [0.2, 0.25) is 0 Å². The van der Waals surface area contributed by atoms with E-state index in [1.54, 1.807) is 42.9 Å². The quantitative estimate of drug-likeness (QED) is 0.567. The lowest BCUT2D eigenvalue weighted by Crippen LogP contribution is -2.29. The van der Waals surface area contributed by atoms with Crippen LogP contribution in [0.5, 0.6) is 0 Å². The van der Waals surface area contributed by atoms with Gasteiger partial charge in [-0.25, -0.2) is 13.4 Å². The molecule has 0 aliphatic carbocycles. The average Bonchev–Trinajstić information content (AvgIpc) is 3.40. The minimum atomic E-state index is -3.67. The molecule has 0 radical (unpaired) electrons. The standard InChI is InChI=1S/C21H21ClN4O3S/c22-18-3-5-19(6-4-18)30(28,29)26-12-8-16-14-17(2-7-20(16)26)21(27)24-9-1-11-25-13-10-23-15-25/h2-7,10,13-15H,1,8-9,11-12H2,(H,24,27). The maximum absolute atomic E-state index is 13.0. The number of carbonyl (C=O) groups is 1. The lowest BCUT2D eigenvalue weighted by atomic mass is 10.1. The Morgan fingerprint density at radius 1 is 1.17 bits per heavy atom. The van der Waals surface area contributed by atoms with Crippen LogP contribution in [0, 0.1) is 0 Å². The van der Waals surface area contributed by atoms with Crippen molar-refractivity contribution < 1.29 is 13.2 Å². The summed E-state index contributed by atoms with van der Waals surface area (Å²) in [6.45, 7) is 1.67. The lowest BCUT2D eigenvalue weighted by Gasteiger charge is -2.19. The molecule has 9 heteroatoms. The summed E-state index contributed by atoms with van der Waals surface area (Å²) in [6, 6.07) is 11.3. The predicted octanol–water partition coefficient (Wildman–Crippen LogP) is 3.11. The van der Waals surface area contributed by atoms with Crippen molar-refractivity contribution in [1.29, 1.82) is 0 Å². The van der Waals surface area contributed by atoms with Crippen LogP contribution in [-0.2, 0) is 23.0 Å². The summed E-state index contributed by atoms with van der Waals surface area (Å²) in [5.74, 6) is -0.164. The number of imidazole rings is 1. The first kappa shape index (κ1) is 20.4. The lowest BCUT2D eigenvalue weighted by molar-refractivity contribution is 0.0952. The maximum atomic E-state index is 13.0. The normalized spacial score (nSPS) is 13.3. The number of hydrogen-bond acceptors (Lipinski definition) is 4. The molecule has 7 nitrogen and oxygen atoms in total. The zero-order valence-corrected chi connectivity index (χ0v) is 17.7. The molecule has 1 N–H and O–H groups in total. The Morgan fingerprint density at radius 2 is 1.97 bits per heavy atom. The van der Waals surface area contributed by atoms with E-state index in [1.165, 1.54) is 16.4 Å². The van der Waals surface area contributed by atoms with Gasteiger partial charge in [0.05, 0.1) is 16.9 Å². The van der Waals surface area contributed by atoms with E-state index in [9.17, 15) is 13.2 Å². The fraction of sp³-hybridized carbons (Fsp3) is 0.238. The Bertz CT molecular complexity index is 1150. The molecular weight excluding hydrogens is 424 g/mol. The number of hydrogen-bond donors (Lipinski definition) is 1. The second-order valence-corrected chi connectivity index (χ2v) is 9.33. The topological polar surface area (TPSA) is 84.3 Å². The minimum absolute atomic E-state index is 0.164. The average molecular weight is 445 g/mol. The van der Waals surface area contributed by atoms with Gasteiger partial charge < -0.3 is 9.88 Å². The van der Waals surface area contributed by atoms with E-state index < -0.39 is 10.0 Å². The SMILES string of the molecule is O=C(NCCCn1ccnc1)c1ccc2c(c1)CCN2S(=O)(=O)c1ccc(Cl)cc1. The summed E-state index contributed by atoms with van der Waals surface area (Å²) in [7, 11) is -3.67. The fourth-order valence-corrected chi connectivity index (χ4v) is 5.11. The molecule has 0 bridgehead atoms. The Labute approximate surface area is 180 Å². The van der Waals surface area contributed by atoms with Crippen LogP contribution in [0.3, 0.4) is 0 Å². The van der Waals surface area contributed by atoms with Crippen molar-refractivity contribution in [2.24, 2.45) is 0 Å². The van der Waals surface area contributed by atoms with Gasteiger partial charge in [-0.3, -0.25) is 9.10 Å². The monoisotopic (exact) mass is 444 g/mol. The Morgan fingerprint density at radius 3 is 2.70 bits per heavy atom. The second-order valence-electron chi connectivity index (χ2n) is 7.03. The van der Waals surface area contributed by atoms with Crippen LogP contribution >= 0.6 is 11.6 Å². The Balaban J connectivity index is 1.43. The summed E-state index contributed by atoms with van der Waals surface area (Å²) >= 11 is 5.87. The van der Waals surface area contributed by atoms with Gasteiger partial charge in [0, 0.05) is 42.6 Å². The zero-order chi connectivity index (χ0) is 21.1. The predicted molar refractivity (Wildman–Crippen MR) is 115 cm³/mol. The molecule has 1 amide bonds. The highest BCUT2D eigenvalue weighted by Crippen LogP contribution is 2.33. The van der Waals surface area contributed by atoms with Gasteiger partial charge in [-0.1, -0.05) is 11.6 Å². The van der Waals surface area contributed by atoms with Gasteiger partial charge in [-0.2, -0.15) is 0 Å². The van der Waals surface area contributed by atoms with Crippen LogP contribution in [-0.4, -0.2) is 37.0 Å². The molecule has 0 saturated heterocycles. The summed E-state index contributed by atoms with van der Waals surface area (Å²) < 4.78 is 29.3. The number of sulfonamides is 1. The molecule has 4 rings (SSSR count). The van der Waals surface area contributed by atoms with Gasteiger partial charge in [0.1, 0.15) is 0 Å². The van der Waals surface area contributed by atoms with E-state index in [4.69, 9.17) is 11.6 Å². The Kier molecular flexibility index (Phi) is 5.78. The van der Waals surface area contributed by atoms with E-state index in [-0.39, 0.29) is 10.8 Å². The molecular formula is C21H21ClN4O3S. The number of carbonyl (C=O) groups excluding carboxylic acids is 1. The van der Waals surface area contributed by atoms with Crippen molar-refractivity contribution >= 4 is 33.2 Å². The third-order valence-electron chi connectivity index (χ3n) is 5.03. The molecule has 30 heavy (non-hydrogen) atoms. The van der Waals surface area contributed by atoms with Crippen LogP contribution in [0.4, 0.5) is 5.69 Å². The third-order valence-corrected chi connectivity index (χ3v) is 7.11. The summed E-state index contributed by atoms with van der Waals surface area (Å²) in [6.07, 6.45) is 6.70. The van der Waals surface area contributed by atoms with E-state index in [0.717, 1.165) is 18.5 Å². The zero-order valence-electron chi connectivity index (χ0n) is 16.2. The van der Waals surface area contributed by atoms with Gasteiger partial charge in [0.25, 0.3) is 15.9 Å². The molecule has 1 aromatic heterocycles. The number of benzene rings is 2. The first-order valence-corrected chi connectivity index (χ1v) is 11.4. The summed E-state index contributed by atoms with van der Waals surface area (Å²) in [5.41, 5.74) is 1.99. The molecule has 1 aliphatic rings. The molecule has 0 fully saturated rings. The van der Waals surface area contributed by atoms with Gasteiger partial charge >= 0.3 is 0 Å². The number of nitrogens with zero attached hydrogens (tertiary/aromatic N) is 3. The van der Waals surface area contributed by atoms with E-state index in [1.807, 2.05) is 10.8 Å². The highest BCUT2D eigenvalue weighted by atomic mass is 35.5. The number of nitrogens with one attached hydrogen (secondary N) is 1. The number of aromatic nitrogens is 2. The Hall–Kier alpha value is -2.84. The molecule has 0 saturated carbocycles. The van der Waals surface area contributed by atoms with Crippen LogP contribution in [0.2, 0.25) is 5.02 Å². The largest absolute Gasteiger partial charge is 0.352 e. The number of fused-ring (bicyclic) bond motifs is 1. The van der Waals surface area contributed by atoms with Gasteiger partial charge in [-0.15, -0.1) is 0 Å². The third kappa shape index (κ3) is 4.20. The van der Waals surface area contributed by atoms with Crippen LogP contribution in [0.1, 0.15) is 22.3 Å². The minimum Gasteiger partial charge on any atom is -0.352 e. The molecule has 2 heterocycles. The number of rotatable bonds is 7. The van der Waals surface area contributed by atoms with Gasteiger partial charge in [-0.05, 0) is 60.9 Å². The summed E-state index contributed by atoms with van der Waals surface area (Å²) in [5, 5.41) is 3.39. The number of halogens is 1. The number of amides is 1. The summed E-state index contributed by atoms with van der Waals surface area (Å²) in [4.78, 5) is 16.6. The highest BCUT2D eigenvalue weighted by Gasteiger charge is 2.31. The number of anilines is 1. The molecule has 1 aliphatic heterocycles. The van der Waals surface area contributed by atoms with E-state index >= 15 is 0 Å². The molecule has 156 valence electrons. The molecule has 2 aromatic carbocycles. The van der Waals surface area contributed by atoms with Crippen molar-refractivity contribution in [1.82, 2.24) is 14.9 Å². The maximum Gasteiger partial charge on any atom is 0.264 e. The van der Waals surface area contributed by atoms with Crippen LogP contribution in [0.15, 0.2) is 66.1 Å². The van der Waals surface area contributed by atoms with Crippen LogP contribution < -0.4 is 9.62 Å². The van der Waals surface area contributed by atoms with Crippen molar-refractivity contribution in [2.75, 3.05) is 17.4 Å². The molecule has 0 spiro atoms. The van der Waals surface area contributed by atoms with Crippen molar-refractivity contribution in [3.8, 4) is 0 Å². The molecule has 0 unspecified atom stereocenters. The van der Waals surface area contributed by atoms with Crippen molar-refractivity contribution in [3.05, 3.63) is 77.3 Å². The first-order valence-electron chi connectivity index (χ1n) is 9.60. The highest BCUT2D eigenvalue weighted by molar-refractivity contribution is 7.92. The van der Waals surface area contributed by atoms with Crippen LogP contribution in [0.25, 0.3) is 0 Å².